The van der Waals surface area contributed by atoms with E-state index in [2.05, 4.69) is 44.6 Å². The molecule has 0 spiro atoms. The van der Waals surface area contributed by atoms with Crippen LogP contribution in [0.1, 0.15) is 20.3 Å². The predicted octanol–water partition coefficient (Wildman–Crippen LogP) is 1.84. The van der Waals surface area contributed by atoms with Gasteiger partial charge in [0.2, 0.25) is 0 Å². The fourth-order valence-corrected chi connectivity index (χ4v) is 1.66. The summed E-state index contributed by atoms with van der Waals surface area (Å²) in [7, 11) is 0. The van der Waals surface area contributed by atoms with Gasteiger partial charge in [0.1, 0.15) is 16.7 Å². The minimum atomic E-state index is 0.204. The number of nitrogens with zero attached hydrogens (tertiary/aromatic N) is 3. The molecule has 1 N–H and O–H groups in total. The molecule has 1 rings (SSSR count). The van der Waals surface area contributed by atoms with Crippen molar-refractivity contribution in [2.75, 3.05) is 18.1 Å². The largest absolute Gasteiger partial charge is 0.396 e. The van der Waals surface area contributed by atoms with Crippen molar-refractivity contribution in [3.8, 4) is 0 Å². The van der Waals surface area contributed by atoms with Gasteiger partial charge < -0.3 is 10.0 Å². The Kier molecular flexibility index (Phi) is 4.98. The molecule has 0 bridgehead atoms. The first kappa shape index (κ1) is 12.4. The Morgan fingerprint density at radius 3 is 2.73 bits per heavy atom. The van der Waals surface area contributed by atoms with Gasteiger partial charge in [-0.1, -0.05) is 0 Å². The second-order valence-electron chi connectivity index (χ2n) is 3.56. The van der Waals surface area contributed by atoms with E-state index < -0.39 is 0 Å². The molecule has 5 heteroatoms. The minimum Gasteiger partial charge on any atom is -0.396 e. The number of hydrogen-bond acceptors (Lipinski definition) is 4. The topological polar surface area (TPSA) is 49.2 Å². The van der Waals surface area contributed by atoms with E-state index in [-0.39, 0.29) is 6.61 Å². The van der Waals surface area contributed by atoms with Crippen molar-refractivity contribution in [3.63, 3.8) is 0 Å². The molecule has 15 heavy (non-hydrogen) atoms. The molecule has 1 aromatic heterocycles. The van der Waals surface area contributed by atoms with E-state index in [9.17, 15) is 0 Å². The molecule has 0 radical (unpaired) electrons. The van der Waals surface area contributed by atoms with E-state index in [1.807, 2.05) is 6.07 Å². The second-order valence-corrected chi connectivity index (χ2v) is 4.38. The average molecular weight is 274 g/mol. The Labute approximate surface area is 98.5 Å². The molecule has 0 saturated heterocycles. The molecule has 0 fully saturated rings. The highest BCUT2D eigenvalue weighted by Gasteiger charge is 2.11. The fraction of sp³-hybridized carbons (Fsp3) is 0.600. The van der Waals surface area contributed by atoms with Crippen LogP contribution in [-0.2, 0) is 0 Å². The molecule has 84 valence electrons. The van der Waals surface area contributed by atoms with Crippen LogP contribution in [0.5, 0.6) is 0 Å². The van der Waals surface area contributed by atoms with Gasteiger partial charge in [0, 0.05) is 25.3 Å². The van der Waals surface area contributed by atoms with Gasteiger partial charge in [-0.15, -0.1) is 0 Å². The number of aliphatic hydroxyl groups excluding tert-OH is 1. The monoisotopic (exact) mass is 273 g/mol. The van der Waals surface area contributed by atoms with Crippen molar-refractivity contribution in [1.29, 1.82) is 0 Å². The highest BCUT2D eigenvalue weighted by atomic mass is 79.9. The summed E-state index contributed by atoms with van der Waals surface area (Å²) in [5.41, 5.74) is 0. The smallest absolute Gasteiger partial charge is 0.133 e. The van der Waals surface area contributed by atoms with E-state index in [0.717, 1.165) is 23.4 Å². The Hall–Kier alpha value is -0.680. The van der Waals surface area contributed by atoms with E-state index in [1.165, 1.54) is 6.33 Å². The molecule has 0 unspecified atom stereocenters. The molecule has 1 aromatic rings. The first-order valence-corrected chi connectivity index (χ1v) is 5.79. The lowest BCUT2D eigenvalue weighted by Crippen LogP contribution is -2.32. The minimum absolute atomic E-state index is 0.204. The van der Waals surface area contributed by atoms with Crippen LogP contribution in [0.25, 0.3) is 0 Å². The number of rotatable bonds is 5. The Balaban J connectivity index is 2.79. The Morgan fingerprint density at radius 1 is 1.47 bits per heavy atom. The lowest BCUT2D eigenvalue weighted by atomic mass is 10.3. The van der Waals surface area contributed by atoms with Crippen LogP contribution in [-0.4, -0.2) is 34.3 Å². The SMILES string of the molecule is CC(C)N(CCCO)c1cc(Br)ncn1. The van der Waals surface area contributed by atoms with Crippen molar-refractivity contribution < 1.29 is 5.11 Å². The van der Waals surface area contributed by atoms with Crippen LogP contribution in [0.2, 0.25) is 0 Å². The number of anilines is 1. The number of hydrogen-bond donors (Lipinski definition) is 1. The molecule has 0 aromatic carbocycles. The molecule has 0 atom stereocenters. The highest BCUT2D eigenvalue weighted by molar-refractivity contribution is 9.10. The van der Waals surface area contributed by atoms with Gasteiger partial charge in [-0.2, -0.15) is 0 Å². The summed E-state index contributed by atoms with van der Waals surface area (Å²) >= 11 is 3.32. The quantitative estimate of drug-likeness (QED) is 0.832. The van der Waals surface area contributed by atoms with Crippen molar-refractivity contribution >= 4 is 21.7 Å². The van der Waals surface area contributed by atoms with Gasteiger partial charge in [-0.05, 0) is 36.2 Å². The van der Waals surface area contributed by atoms with Crippen LogP contribution in [0, 0.1) is 0 Å². The third-order valence-corrected chi connectivity index (χ3v) is 2.53. The van der Waals surface area contributed by atoms with Gasteiger partial charge >= 0.3 is 0 Å². The molecular weight excluding hydrogens is 258 g/mol. The van der Waals surface area contributed by atoms with E-state index >= 15 is 0 Å². The normalized spacial score (nSPS) is 10.7. The van der Waals surface area contributed by atoms with Gasteiger partial charge in [0.15, 0.2) is 0 Å². The zero-order valence-corrected chi connectivity index (χ0v) is 10.6. The van der Waals surface area contributed by atoms with Gasteiger partial charge in [-0.25, -0.2) is 9.97 Å². The second kappa shape index (κ2) is 6.02. The lowest BCUT2D eigenvalue weighted by molar-refractivity contribution is 0.288. The van der Waals surface area contributed by atoms with Crippen LogP contribution >= 0.6 is 15.9 Å². The van der Waals surface area contributed by atoms with Crippen LogP contribution in [0.3, 0.4) is 0 Å². The molecule has 0 aliphatic rings. The number of aliphatic hydroxyl groups is 1. The average Bonchev–Trinajstić information content (AvgIpc) is 2.18. The summed E-state index contributed by atoms with van der Waals surface area (Å²) in [5.74, 6) is 0.889. The summed E-state index contributed by atoms with van der Waals surface area (Å²) in [5, 5.41) is 8.83. The molecule has 0 aliphatic heterocycles. The third-order valence-electron chi connectivity index (χ3n) is 2.09. The van der Waals surface area contributed by atoms with E-state index in [0.29, 0.717) is 6.04 Å². The maximum Gasteiger partial charge on any atom is 0.133 e. The first-order chi connectivity index (χ1) is 7.15. The molecular formula is C10H16BrN3O. The first-order valence-electron chi connectivity index (χ1n) is 5.00. The third kappa shape index (κ3) is 3.76. The molecule has 4 nitrogen and oxygen atoms in total. The van der Waals surface area contributed by atoms with Gasteiger partial charge in [-0.3, -0.25) is 0 Å². The maximum absolute atomic E-state index is 8.83. The van der Waals surface area contributed by atoms with Gasteiger partial charge in [0.05, 0.1) is 0 Å². The summed E-state index contributed by atoms with van der Waals surface area (Å²) in [4.78, 5) is 10.4. The lowest BCUT2D eigenvalue weighted by Gasteiger charge is -2.27. The van der Waals surface area contributed by atoms with Crippen molar-refractivity contribution in [3.05, 3.63) is 17.0 Å². The summed E-state index contributed by atoms with van der Waals surface area (Å²) < 4.78 is 0.780. The molecule has 0 amide bonds. The Bertz CT molecular complexity index is 306. The number of aromatic nitrogens is 2. The summed E-state index contributed by atoms with van der Waals surface area (Å²) in [6, 6.07) is 2.25. The molecule has 1 heterocycles. The van der Waals surface area contributed by atoms with Crippen molar-refractivity contribution in [1.82, 2.24) is 9.97 Å². The predicted molar refractivity (Wildman–Crippen MR) is 63.9 cm³/mol. The standard InChI is InChI=1S/C10H16BrN3O/c1-8(2)14(4-3-5-15)10-6-9(11)12-7-13-10/h6-8,15H,3-5H2,1-2H3. The number of halogens is 1. The Morgan fingerprint density at radius 2 is 2.20 bits per heavy atom. The van der Waals surface area contributed by atoms with Gasteiger partial charge in [0.25, 0.3) is 0 Å². The summed E-state index contributed by atoms with van der Waals surface area (Å²) in [6.45, 7) is 5.22. The zero-order valence-electron chi connectivity index (χ0n) is 9.02. The van der Waals surface area contributed by atoms with Crippen LogP contribution in [0.15, 0.2) is 17.0 Å². The van der Waals surface area contributed by atoms with E-state index in [1.54, 1.807) is 0 Å². The van der Waals surface area contributed by atoms with Crippen LogP contribution < -0.4 is 4.90 Å². The maximum atomic E-state index is 8.83. The molecule has 0 saturated carbocycles. The van der Waals surface area contributed by atoms with Crippen molar-refractivity contribution in [2.24, 2.45) is 0 Å². The zero-order chi connectivity index (χ0) is 11.3. The fourth-order valence-electron chi connectivity index (χ4n) is 1.36. The molecule has 0 aliphatic carbocycles. The highest BCUT2D eigenvalue weighted by Crippen LogP contribution is 2.17. The summed E-state index contributed by atoms with van der Waals surface area (Å²) in [6.07, 6.45) is 2.29. The van der Waals surface area contributed by atoms with Crippen LogP contribution in [0.4, 0.5) is 5.82 Å². The van der Waals surface area contributed by atoms with Crippen molar-refractivity contribution in [2.45, 2.75) is 26.3 Å². The van der Waals surface area contributed by atoms with E-state index in [4.69, 9.17) is 5.11 Å².